The largest absolute Gasteiger partial charge is 0.363 e. The third-order valence-electron chi connectivity index (χ3n) is 7.13. The van der Waals surface area contributed by atoms with E-state index in [-0.39, 0.29) is 17.5 Å². The summed E-state index contributed by atoms with van der Waals surface area (Å²) >= 11 is 0. The molecule has 2 aromatic carbocycles. The summed E-state index contributed by atoms with van der Waals surface area (Å²) in [6.45, 7) is 5.69. The Hall–Kier alpha value is -3.41. The van der Waals surface area contributed by atoms with Crippen molar-refractivity contribution < 1.29 is 9.59 Å². The first kappa shape index (κ1) is 21.4. The van der Waals surface area contributed by atoms with E-state index in [1.165, 1.54) is 5.56 Å². The van der Waals surface area contributed by atoms with Gasteiger partial charge in [0.2, 0.25) is 0 Å². The molecule has 3 heterocycles. The van der Waals surface area contributed by atoms with Crippen LogP contribution < -0.4 is 5.32 Å². The predicted octanol–water partition coefficient (Wildman–Crippen LogP) is 5.01. The van der Waals surface area contributed by atoms with Crippen LogP contribution in [0.1, 0.15) is 76.9 Å². The number of carbonyl (C=O) groups is 2. The van der Waals surface area contributed by atoms with Crippen LogP contribution in [0.3, 0.4) is 0 Å². The van der Waals surface area contributed by atoms with Crippen molar-refractivity contribution in [1.82, 2.24) is 14.7 Å². The number of amides is 1. The molecule has 170 valence electrons. The van der Waals surface area contributed by atoms with Gasteiger partial charge in [-0.1, -0.05) is 54.6 Å². The molecule has 0 aliphatic carbocycles. The van der Waals surface area contributed by atoms with Crippen molar-refractivity contribution in [1.29, 1.82) is 0 Å². The van der Waals surface area contributed by atoms with E-state index >= 15 is 0 Å². The van der Waals surface area contributed by atoms with Crippen LogP contribution in [0.5, 0.6) is 0 Å². The molecule has 1 atom stereocenters. The topological polar surface area (TPSA) is 67.2 Å². The maximum Gasteiger partial charge on any atom is 0.259 e. The molecule has 5 rings (SSSR count). The van der Waals surface area contributed by atoms with Crippen molar-refractivity contribution in [2.45, 2.75) is 50.6 Å². The van der Waals surface area contributed by atoms with E-state index in [0.29, 0.717) is 24.6 Å². The highest BCUT2D eigenvalue weighted by Gasteiger charge is 2.38. The fourth-order valence-corrected chi connectivity index (χ4v) is 5.35. The zero-order chi connectivity index (χ0) is 23.0. The molecule has 1 unspecified atom stereocenters. The molecule has 1 saturated heterocycles. The van der Waals surface area contributed by atoms with Crippen LogP contribution in [-0.4, -0.2) is 40.0 Å². The lowest BCUT2D eigenvalue weighted by Gasteiger charge is -2.39. The number of aldehydes is 1. The van der Waals surface area contributed by atoms with Crippen molar-refractivity contribution in [3.63, 3.8) is 0 Å². The van der Waals surface area contributed by atoms with Crippen LogP contribution in [0.2, 0.25) is 0 Å². The van der Waals surface area contributed by atoms with Gasteiger partial charge in [-0.05, 0) is 50.2 Å². The fourth-order valence-electron chi connectivity index (χ4n) is 5.35. The van der Waals surface area contributed by atoms with Gasteiger partial charge in [0.15, 0.2) is 0 Å². The molecule has 6 heteroatoms. The van der Waals surface area contributed by atoms with Crippen molar-refractivity contribution in [2.24, 2.45) is 0 Å². The molecule has 3 aromatic rings. The van der Waals surface area contributed by atoms with E-state index in [1.54, 1.807) is 6.20 Å². The molecule has 1 aromatic heterocycles. The molecule has 0 bridgehead atoms. The number of anilines is 1. The van der Waals surface area contributed by atoms with Gasteiger partial charge in [-0.15, -0.1) is 0 Å². The van der Waals surface area contributed by atoms with Crippen molar-refractivity contribution >= 4 is 18.0 Å². The maximum absolute atomic E-state index is 13.5. The van der Waals surface area contributed by atoms with Crippen molar-refractivity contribution in [2.75, 3.05) is 18.4 Å². The summed E-state index contributed by atoms with van der Waals surface area (Å²) in [5, 5.41) is 8.21. The minimum Gasteiger partial charge on any atom is -0.363 e. The lowest BCUT2D eigenvalue weighted by atomic mass is 9.86. The number of hydrogen-bond donors (Lipinski definition) is 1. The fraction of sp³-hybridized carbons (Fsp3) is 0.370. The number of piperidine rings is 1. The van der Waals surface area contributed by atoms with Gasteiger partial charge >= 0.3 is 0 Å². The summed E-state index contributed by atoms with van der Waals surface area (Å²) in [5.74, 6) is 1.13. The monoisotopic (exact) mass is 442 g/mol. The number of likely N-dealkylation sites (tertiary alicyclic amines) is 1. The van der Waals surface area contributed by atoms with Gasteiger partial charge in [-0.25, -0.2) is 4.68 Å². The molecular formula is C27H30N4O2. The van der Waals surface area contributed by atoms with Crippen LogP contribution >= 0.6 is 0 Å². The summed E-state index contributed by atoms with van der Waals surface area (Å²) in [6.07, 6.45) is 5.24. The van der Waals surface area contributed by atoms with E-state index in [1.807, 2.05) is 39.9 Å². The predicted molar refractivity (Wildman–Crippen MR) is 129 cm³/mol. The smallest absolute Gasteiger partial charge is 0.259 e. The van der Waals surface area contributed by atoms with Gasteiger partial charge in [0.1, 0.15) is 17.7 Å². The summed E-state index contributed by atoms with van der Waals surface area (Å²) < 4.78 is 1.97. The minimum absolute atomic E-state index is 0.0235. The van der Waals surface area contributed by atoms with Gasteiger partial charge in [0.05, 0.1) is 17.8 Å². The number of nitrogens with one attached hydrogen (secondary N) is 1. The number of rotatable bonds is 4. The lowest BCUT2D eigenvalue weighted by Crippen LogP contribution is -2.40. The molecule has 1 fully saturated rings. The van der Waals surface area contributed by atoms with Crippen LogP contribution in [0.25, 0.3) is 0 Å². The number of aromatic nitrogens is 2. The van der Waals surface area contributed by atoms with E-state index in [2.05, 4.69) is 48.5 Å². The Labute approximate surface area is 194 Å². The van der Waals surface area contributed by atoms with Crippen LogP contribution in [0, 0.1) is 0 Å². The third kappa shape index (κ3) is 3.94. The van der Waals surface area contributed by atoms with Gasteiger partial charge in [0.25, 0.3) is 5.91 Å². The molecule has 2 aliphatic rings. The molecule has 1 N–H and O–H groups in total. The second-order valence-electron chi connectivity index (χ2n) is 9.76. The lowest BCUT2D eigenvalue weighted by molar-refractivity contribution is 0.0712. The molecule has 2 aliphatic heterocycles. The molecule has 0 radical (unpaired) electrons. The highest BCUT2D eigenvalue weighted by atomic mass is 16.2. The number of nitrogens with zero attached hydrogens (tertiary/aromatic N) is 3. The van der Waals surface area contributed by atoms with Crippen LogP contribution in [0.4, 0.5) is 5.82 Å². The first-order valence-electron chi connectivity index (χ1n) is 11.7. The number of fused-ring (bicyclic) bond motifs is 1. The highest BCUT2D eigenvalue weighted by molar-refractivity contribution is 5.99. The average Bonchev–Trinajstić information content (AvgIpc) is 3.29. The molecule has 0 spiro atoms. The Bertz CT molecular complexity index is 1160. The van der Waals surface area contributed by atoms with Crippen LogP contribution in [0.15, 0.2) is 60.8 Å². The molecule has 0 saturated carbocycles. The van der Waals surface area contributed by atoms with Crippen molar-refractivity contribution in [3.05, 3.63) is 83.0 Å². The Kier molecular flexibility index (Phi) is 5.52. The first-order chi connectivity index (χ1) is 16.0. The number of hydrogen-bond acceptors (Lipinski definition) is 4. The summed E-state index contributed by atoms with van der Waals surface area (Å²) in [5.41, 5.74) is 3.50. The average molecular weight is 443 g/mol. The summed E-state index contributed by atoms with van der Waals surface area (Å²) in [7, 11) is 0. The van der Waals surface area contributed by atoms with E-state index < -0.39 is 0 Å². The zero-order valence-corrected chi connectivity index (χ0v) is 19.2. The zero-order valence-electron chi connectivity index (χ0n) is 19.2. The standard InChI is InChI=1S/C27H30N4O2/c1-27(2)16-24(20-8-4-3-5-9-20)29-25-23(17-28-31(25)27)26(33)30-14-12-19(13-15-30)22-11-7-6-10-21(22)18-32/h3-11,17-19,24,29H,12-16H2,1-2H3. The van der Waals surface area contributed by atoms with Gasteiger partial charge in [-0.3, -0.25) is 9.59 Å². The number of benzene rings is 2. The normalized spacial score (nSPS) is 20.1. The van der Waals surface area contributed by atoms with E-state index in [9.17, 15) is 9.59 Å². The SMILES string of the molecule is CC1(C)CC(c2ccccc2)Nc2c(C(=O)N3CCC(c4ccccc4C=O)CC3)cnn21. The van der Waals surface area contributed by atoms with Crippen LogP contribution in [-0.2, 0) is 5.54 Å². The quantitative estimate of drug-likeness (QED) is 0.577. The second-order valence-corrected chi connectivity index (χ2v) is 9.76. The Morgan fingerprint density at radius 2 is 1.76 bits per heavy atom. The van der Waals surface area contributed by atoms with Gasteiger partial charge < -0.3 is 10.2 Å². The minimum atomic E-state index is -0.203. The third-order valence-corrected chi connectivity index (χ3v) is 7.13. The first-order valence-corrected chi connectivity index (χ1v) is 11.7. The molecular weight excluding hydrogens is 412 g/mol. The van der Waals surface area contributed by atoms with E-state index in [4.69, 9.17) is 0 Å². The van der Waals surface area contributed by atoms with Gasteiger partial charge in [-0.2, -0.15) is 5.10 Å². The summed E-state index contributed by atoms with van der Waals surface area (Å²) in [4.78, 5) is 26.9. The Balaban J connectivity index is 1.35. The Morgan fingerprint density at radius 3 is 2.48 bits per heavy atom. The number of carbonyl (C=O) groups excluding carboxylic acids is 2. The molecule has 1 amide bonds. The molecule has 6 nitrogen and oxygen atoms in total. The van der Waals surface area contributed by atoms with Gasteiger partial charge in [0, 0.05) is 18.7 Å². The summed E-state index contributed by atoms with van der Waals surface area (Å²) in [6, 6.07) is 18.3. The second kappa shape index (κ2) is 8.50. The van der Waals surface area contributed by atoms with E-state index in [0.717, 1.165) is 42.5 Å². The highest BCUT2D eigenvalue weighted by Crippen LogP contribution is 2.40. The maximum atomic E-state index is 13.5. The van der Waals surface area contributed by atoms with Crippen molar-refractivity contribution in [3.8, 4) is 0 Å². The Morgan fingerprint density at radius 1 is 1.06 bits per heavy atom. The molecule has 33 heavy (non-hydrogen) atoms.